The molecule has 5 heteroatoms. The second kappa shape index (κ2) is 5.88. The van der Waals surface area contributed by atoms with E-state index in [1.54, 1.807) is 12.5 Å². The maximum absolute atomic E-state index is 5.73. The number of hydrogen-bond acceptors (Lipinski definition) is 5. The number of ether oxygens (including phenoxy) is 2. The molecule has 20 heavy (non-hydrogen) atoms. The number of hydrogen-bond donors (Lipinski definition) is 1. The van der Waals surface area contributed by atoms with Crippen LogP contribution in [-0.4, -0.2) is 30.2 Å². The molecule has 2 aromatic rings. The van der Waals surface area contributed by atoms with Gasteiger partial charge in [0.15, 0.2) is 11.5 Å². The summed E-state index contributed by atoms with van der Waals surface area (Å²) in [5.41, 5.74) is 2.02. The Morgan fingerprint density at radius 2 is 2.00 bits per heavy atom. The van der Waals surface area contributed by atoms with Gasteiger partial charge in [-0.15, -0.1) is 0 Å². The van der Waals surface area contributed by atoms with Gasteiger partial charge in [-0.25, -0.2) is 9.97 Å². The van der Waals surface area contributed by atoms with Gasteiger partial charge in [0, 0.05) is 12.6 Å². The Hall–Kier alpha value is -2.14. The summed E-state index contributed by atoms with van der Waals surface area (Å²) >= 11 is 0. The van der Waals surface area contributed by atoms with E-state index in [9.17, 15) is 0 Å². The van der Waals surface area contributed by atoms with Crippen LogP contribution in [0.25, 0.3) is 0 Å². The summed E-state index contributed by atoms with van der Waals surface area (Å²) in [7, 11) is 1.91. The molecule has 5 nitrogen and oxygen atoms in total. The van der Waals surface area contributed by atoms with Crippen LogP contribution in [0, 0.1) is 0 Å². The summed E-state index contributed by atoms with van der Waals surface area (Å²) in [5, 5.41) is 3.27. The first kappa shape index (κ1) is 12.9. The second-order valence-electron chi connectivity index (χ2n) is 4.61. The summed E-state index contributed by atoms with van der Waals surface area (Å²) in [5.74, 6) is 1.61. The van der Waals surface area contributed by atoms with E-state index in [4.69, 9.17) is 9.47 Å². The first-order valence-corrected chi connectivity index (χ1v) is 6.71. The van der Waals surface area contributed by atoms with Crippen LogP contribution in [0.1, 0.15) is 23.7 Å². The van der Waals surface area contributed by atoms with Crippen molar-refractivity contribution in [2.75, 3.05) is 20.3 Å². The van der Waals surface area contributed by atoms with Crippen LogP contribution in [0.5, 0.6) is 11.5 Å². The molecule has 0 saturated heterocycles. The van der Waals surface area contributed by atoms with Crippen molar-refractivity contribution >= 4 is 0 Å². The third kappa shape index (κ3) is 2.58. The van der Waals surface area contributed by atoms with Gasteiger partial charge in [-0.05, 0) is 30.8 Å². The number of nitrogens with one attached hydrogen (secondary N) is 1. The third-order valence-electron chi connectivity index (χ3n) is 3.29. The van der Waals surface area contributed by atoms with Gasteiger partial charge in [0.25, 0.3) is 0 Å². The average Bonchev–Trinajstić information content (AvgIpc) is 2.74. The van der Waals surface area contributed by atoms with Crippen molar-refractivity contribution in [2.45, 2.75) is 12.5 Å². The lowest BCUT2D eigenvalue weighted by molar-refractivity contribution is 0.297. The molecule has 0 saturated carbocycles. The van der Waals surface area contributed by atoms with Crippen LogP contribution in [0.15, 0.2) is 36.8 Å². The minimum atomic E-state index is 0.00940. The van der Waals surface area contributed by atoms with E-state index in [2.05, 4.69) is 15.3 Å². The van der Waals surface area contributed by atoms with Crippen molar-refractivity contribution < 1.29 is 9.47 Å². The Balaban J connectivity index is 1.94. The third-order valence-corrected chi connectivity index (χ3v) is 3.29. The van der Waals surface area contributed by atoms with E-state index in [0.29, 0.717) is 13.2 Å². The molecular weight excluding hydrogens is 254 g/mol. The summed E-state index contributed by atoms with van der Waals surface area (Å²) in [6.45, 7) is 1.39. The summed E-state index contributed by atoms with van der Waals surface area (Å²) in [6, 6.07) is 7.93. The molecule has 2 heterocycles. The molecule has 0 bridgehead atoms. The number of benzene rings is 1. The molecule has 1 aromatic carbocycles. The van der Waals surface area contributed by atoms with Crippen molar-refractivity contribution in [1.82, 2.24) is 15.3 Å². The SMILES string of the molecule is CNC(c1ccc2c(c1)OCCCO2)c1ccncn1. The molecule has 1 aliphatic heterocycles. The van der Waals surface area contributed by atoms with Gasteiger partial charge < -0.3 is 14.8 Å². The van der Waals surface area contributed by atoms with Crippen molar-refractivity contribution in [2.24, 2.45) is 0 Å². The van der Waals surface area contributed by atoms with Crippen LogP contribution in [0.3, 0.4) is 0 Å². The molecular formula is C15H17N3O2. The van der Waals surface area contributed by atoms with Crippen LogP contribution in [0.2, 0.25) is 0 Å². The van der Waals surface area contributed by atoms with Gasteiger partial charge in [-0.1, -0.05) is 6.07 Å². The maximum Gasteiger partial charge on any atom is 0.161 e. The fourth-order valence-electron chi connectivity index (χ4n) is 2.32. The fourth-order valence-corrected chi connectivity index (χ4v) is 2.32. The predicted molar refractivity (Wildman–Crippen MR) is 75.0 cm³/mol. The van der Waals surface area contributed by atoms with Crippen molar-refractivity contribution in [1.29, 1.82) is 0 Å². The van der Waals surface area contributed by atoms with Gasteiger partial charge in [0.05, 0.1) is 24.9 Å². The monoisotopic (exact) mass is 271 g/mol. The molecule has 0 spiro atoms. The maximum atomic E-state index is 5.73. The van der Waals surface area contributed by atoms with E-state index >= 15 is 0 Å². The second-order valence-corrected chi connectivity index (χ2v) is 4.61. The zero-order chi connectivity index (χ0) is 13.8. The topological polar surface area (TPSA) is 56.3 Å². The minimum Gasteiger partial charge on any atom is -0.490 e. The molecule has 0 amide bonds. The molecule has 104 valence electrons. The predicted octanol–water partition coefficient (Wildman–Crippen LogP) is 1.95. The quantitative estimate of drug-likeness (QED) is 0.924. The molecule has 0 radical (unpaired) electrons. The van der Waals surface area contributed by atoms with E-state index in [1.807, 2.05) is 31.3 Å². The highest BCUT2D eigenvalue weighted by Crippen LogP contribution is 2.33. The summed E-state index contributed by atoms with van der Waals surface area (Å²) in [6.07, 6.45) is 4.21. The average molecular weight is 271 g/mol. The lowest BCUT2D eigenvalue weighted by Gasteiger charge is -2.17. The first-order valence-electron chi connectivity index (χ1n) is 6.71. The fraction of sp³-hybridized carbons (Fsp3) is 0.333. The molecule has 1 aromatic heterocycles. The molecule has 1 unspecified atom stereocenters. The van der Waals surface area contributed by atoms with Crippen molar-refractivity contribution in [3.8, 4) is 11.5 Å². The molecule has 0 fully saturated rings. The van der Waals surface area contributed by atoms with Gasteiger partial charge in [-0.2, -0.15) is 0 Å². The largest absolute Gasteiger partial charge is 0.490 e. The summed E-state index contributed by atoms with van der Waals surface area (Å²) in [4.78, 5) is 8.27. The number of fused-ring (bicyclic) bond motifs is 1. The Morgan fingerprint density at radius 3 is 2.75 bits per heavy atom. The zero-order valence-electron chi connectivity index (χ0n) is 11.4. The molecule has 1 atom stereocenters. The van der Waals surface area contributed by atoms with E-state index < -0.39 is 0 Å². The Morgan fingerprint density at radius 1 is 1.15 bits per heavy atom. The number of nitrogens with zero attached hydrogens (tertiary/aromatic N) is 2. The smallest absolute Gasteiger partial charge is 0.161 e. The van der Waals surface area contributed by atoms with Gasteiger partial charge in [0.1, 0.15) is 6.33 Å². The van der Waals surface area contributed by atoms with E-state index in [-0.39, 0.29) is 6.04 Å². The Labute approximate surface area is 118 Å². The minimum absolute atomic E-state index is 0.00940. The summed E-state index contributed by atoms with van der Waals surface area (Å²) < 4.78 is 11.4. The van der Waals surface area contributed by atoms with E-state index in [0.717, 1.165) is 29.2 Å². The van der Waals surface area contributed by atoms with Crippen LogP contribution >= 0.6 is 0 Å². The highest BCUT2D eigenvalue weighted by Gasteiger charge is 2.17. The molecule has 1 aliphatic rings. The van der Waals surface area contributed by atoms with Crippen LogP contribution in [-0.2, 0) is 0 Å². The molecule has 1 N–H and O–H groups in total. The molecule has 0 aliphatic carbocycles. The highest BCUT2D eigenvalue weighted by molar-refractivity contribution is 5.45. The Bertz CT molecular complexity index is 575. The van der Waals surface area contributed by atoms with Gasteiger partial charge >= 0.3 is 0 Å². The number of aromatic nitrogens is 2. The lowest BCUT2D eigenvalue weighted by Crippen LogP contribution is -2.19. The lowest BCUT2D eigenvalue weighted by atomic mass is 10.0. The number of rotatable bonds is 3. The molecule has 3 rings (SSSR count). The van der Waals surface area contributed by atoms with Gasteiger partial charge in [-0.3, -0.25) is 0 Å². The van der Waals surface area contributed by atoms with Crippen LogP contribution in [0.4, 0.5) is 0 Å². The van der Waals surface area contributed by atoms with Crippen LogP contribution < -0.4 is 14.8 Å². The first-order chi connectivity index (χ1) is 9.88. The Kier molecular flexibility index (Phi) is 3.78. The van der Waals surface area contributed by atoms with E-state index in [1.165, 1.54) is 0 Å². The van der Waals surface area contributed by atoms with Crippen molar-refractivity contribution in [3.63, 3.8) is 0 Å². The van der Waals surface area contributed by atoms with Gasteiger partial charge in [0.2, 0.25) is 0 Å². The normalized spacial score (nSPS) is 15.4. The standard InChI is InChI=1S/C15H17N3O2/c1-16-15(12-5-6-17-10-18-12)11-3-4-13-14(9-11)20-8-2-7-19-13/h3-6,9-10,15-16H,2,7-8H2,1H3. The van der Waals surface area contributed by atoms with Crippen molar-refractivity contribution in [3.05, 3.63) is 48.0 Å². The zero-order valence-corrected chi connectivity index (χ0v) is 11.4. The highest BCUT2D eigenvalue weighted by atomic mass is 16.5.